The van der Waals surface area contributed by atoms with E-state index in [0.717, 1.165) is 65.9 Å². The number of para-hydroxylation sites is 1. The van der Waals surface area contributed by atoms with Gasteiger partial charge in [0.25, 0.3) is 0 Å². The van der Waals surface area contributed by atoms with Gasteiger partial charge in [-0.05, 0) is 78.5 Å². The number of rotatable bonds is 9. The standard InChI is InChI=1S/C39H47N5O4/c1-24(2)26-12-10-13-27(25(3)4)34(26)43-37(48)44-39(20-17-30-29(22-39)33-28(35(45)46)14-11-15-31(33)42-30)36(47)41-23-38(18-7-5-8-19-38)32-16-6-9-21-40-32/h6,9-16,21,24-25,42H,5,7-8,17-20,22-23H2,1-4H3,(H,41,47)(H,45,46)(H2,43,44,48). The number of nitrogens with one attached hydrogen (secondary N) is 4. The number of hydrogen-bond donors (Lipinski definition) is 5. The number of anilines is 1. The number of nitrogens with zero attached hydrogens (tertiary/aromatic N) is 1. The van der Waals surface area contributed by atoms with Gasteiger partial charge < -0.3 is 26.0 Å². The minimum atomic E-state index is -1.32. The molecule has 3 amide bonds. The number of urea groups is 1. The number of carboxylic acid groups (broad SMARTS) is 1. The molecule has 1 fully saturated rings. The van der Waals surface area contributed by atoms with Gasteiger partial charge in [0.2, 0.25) is 5.91 Å². The molecule has 9 heteroatoms. The Labute approximate surface area is 282 Å². The molecule has 5 N–H and O–H groups in total. The van der Waals surface area contributed by atoms with E-state index in [-0.39, 0.29) is 35.1 Å². The summed E-state index contributed by atoms with van der Waals surface area (Å²) in [5.41, 5.74) is 4.73. The summed E-state index contributed by atoms with van der Waals surface area (Å²) in [4.78, 5) is 49.2. The van der Waals surface area contributed by atoms with Crippen LogP contribution in [0, 0.1) is 0 Å². The highest BCUT2D eigenvalue weighted by molar-refractivity contribution is 6.06. The van der Waals surface area contributed by atoms with E-state index in [1.165, 1.54) is 0 Å². The van der Waals surface area contributed by atoms with E-state index in [0.29, 0.717) is 30.3 Å². The maximum atomic E-state index is 14.7. The van der Waals surface area contributed by atoms with Crippen LogP contribution >= 0.6 is 0 Å². The third-order valence-corrected chi connectivity index (χ3v) is 10.5. The Morgan fingerprint density at radius 3 is 2.25 bits per heavy atom. The Kier molecular flexibility index (Phi) is 9.32. The lowest BCUT2D eigenvalue weighted by Crippen LogP contribution is -2.63. The summed E-state index contributed by atoms with van der Waals surface area (Å²) in [5, 5.41) is 20.3. The average molecular weight is 650 g/mol. The normalized spacial score (nSPS) is 18.8. The molecule has 1 atom stereocenters. The zero-order valence-corrected chi connectivity index (χ0v) is 28.4. The van der Waals surface area contributed by atoms with E-state index >= 15 is 0 Å². The molecule has 2 aliphatic rings. The number of aryl methyl sites for hydroxylation is 1. The highest BCUT2D eigenvalue weighted by atomic mass is 16.4. The number of aromatic carboxylic acids is 1. The second kappa shape index (κ2) is 13.5. The summed E-state index contributed by atoms with van der Waals surface area (Å²) < 4.78 is 0. The van der Waals surface area contributed by atoms with Crippen molar-refractivity contribution in [1.82, 2.24) is 20.6 Å². The number of benzene rings is 2. The highest BCUT2D eigenvalue weighted by Crippen LogP contribution is 2.40. The number of carboxylic acids is 1. The lowest BCUT2D eigenvalue weighted by molar-refractivity contribution is -0.128. The molecule has 252 valence electrons. The van der Waals surface area contributed by atoms with Gasteiger partial charge in [-0.15, -0.1) is 0 Å². The third kappa shape index (κ3) is 6.30. The molecule has 2 heterocycles. The predicted molar refractivity (Wildman–Crippen MR) is 189 cm³/mol. The number of aromatic amines is 1. The fourth-order valence-corrected chi connectivity index (χ4v) is 7.95. The summed E-state index contributed by atoms with van der Waals surface area (Å²) in [7, 11) is 0. The SMILES string of the molecule is CC(C)c1cccc(C(C)C)c1NC(=O)NC1(C(=O)NCC2(c3ccccn3)CCCCC2)CCc2[nH]c3cccc(C(=O)O)c3c2C1. The largest absolute Gasteiger partial charge is 0.478 e. The second-order valence-electron chi connectivity index (χ2n) is 14.3. The number of fused-ring (bicyclic) bond motifs is 3. The van der Waals surface area contributed by atoms with Crippen LogP contribution in [0.1, 0.15) is 116 Å². The quantitative estimate of drug-likeness (QED) is 0.127. The molecule has 4 aromatic rings. The number of pyridine rings is 1. The first-order chi connectivity index (χ1) is 23.0. The van der Waals surface area contributed by atoms with Crippen molar-refractivity contribution in [3.8, 4) is 0 Å². The van der Waals surface area contributed by atoms with E-state index in [1.807, 2.05) is 42.5 Å². The lowest BCUT2D eigenvalue weighted by Gasteiger charge is -2.40. The molecular formula is C39H47N5O4. The molecule has 0 bridgehead atoms. The Balaban J connectivity index is 1.37. The van der Waals surface area contributed by atoms with Crippen LogP contribution in [-0.2, 0) is 23.1 Å². The molecule has 48 heavy (non-hydrogen) atoms. The first-order valence-corrected chi connectivity index (χ1v) is 17.3. The van der Waals surface area contributed by atoms with E-state index in [1.54, 1.807) is 18.3 Å². The molecule has 2 aromatic carbocycles. The third-order valence-electron chi connectivity index (χ3n) is 10.5. The summed E-state index contributed by atoms with van der Waals surface area (Å²) >= 11 is 0. The smallest absolute Gasteiger partial charge is 0.336 e. The average Bonchev–Trinajstić information content (AvgIpc) is 3.45. The van der Waals surface area contributed by atoms with Gasteiger partial charge in [0, 0.05) is 52.6 Å². The number of carbonyl (C=O) groups is 3. The first kappa shape index (κ1) is 33.2. The van der Waals surface area contributed by atoms with Gasteiger partial charge in [-0.1, -0.05) is 77.3 Å². The van der Waals surface area contributed by atoms with Crippen LogP contribution in [0.25, 0.3) is 10.9 Å². The molecule has 1 saturated carbocycles. The van der Waals surface area contributed by atoms with Crippen LogP contribution in [0.5, 0.6) is 0 Å². The number of carbonyl (C=O) groups excluding carboxylic acids is 2. The van der Waals surface area contributed by atoms with Crippen LogP contribution in [0.15, 0.2) is 60.8 Å². The summed E-state index contributed by atoms with van der Waals surface area (Å²) in [6.07, 6.45) is 7.90. The molecule has 0 spiro atoms. The van der Waals surface area contributed by atoms with Crippen molar-refractivity contribution in [2.24, 2.45) is 0 Å². The van der Waals surface area contributed by atoms with E-state index in [4.69, 9.17) is 4.98 Å². The number of hydrogen-bond acceptors (Lipinski definition) is 4. The van der Waals surface area contributed by atoms with Crippen LogP contribution < -0.4 is 16.0 Å². The molecule has 9 nitrogen and oxygen atoms in total. The van der Waals surface area contributed by atoms with Crippen molar-refractivity contribution >= 4 is 34.5 Å². The molecule has 0 saturated heterocycles. The molecule has 6 rings (SSSR count). The van der Waals surface area contributed by atoms with E-state index in [9.17, 15) is 19.5 Å². The Morgan fingerprint density at radius 1 is 0.896 bits per heavy atom. The molecule has 2 aromatic heterocycles. The van der Waals surface area contributed by atoms with Crippen molar-refractivity contribution in [3.05, 3.63) is 94.4 Å². The van der Waals surface area contributed by atoms with Crippen LogP contribution in [0.2, 0.25) is 0 Å². The Bertz CT molecular complexity index is 1800. The second-order valence-corrected chi connectivity index (χ2v) is 14.3. The first-order valence-electron chi connectivity index (χ1n) is 17.3. The minimum Gasteiger partial charge on any atom is -0.478 e. The molecule has 0 aliphatic heterocycles. The van der Waals surface area contributed by atoms with Crippen LogP contribution in [0.3, 0.4) is 0 Å². The van der Waals surface area contributed by atoms with Crippen LogP contribution in [-0.4, -0.2) is 45.1 Å². The van der Waals surface area contributed by atoms with Crippen molar-refractivity contribution in [2.45, 2.75) is 102 Å². The monoisotopic (exact) mass is 649 g/mol. The van der Waals surface area contributed by atoms with Crippen molar-refractivity contribution in [1.29, 1.82) is 0 Å². The van der Waals surface area contributed by atoms with Gasteiger partial charge in [0.1, 0.15) is 5.54 Å². The number of H-pyrrole nitrogens is 1. The van der Waals surface area contributed by atoms with Crippen molar-refractivity contribution < 1.29 is 19.5 Å². The topological polar surface area (TPSA) is 136 Å². The lowest BCUT2D eigenvalue weighted by atomic mass is 9.71. The van der Waals surface area contributed by atoms with Gasteiger partial charge in [0.15, 0.2) is 0 Å². The van der Waals surface area contributed by atoms with Crippen LogP contribution in [0.4, 0.5) is 10.5 Å². The fourth-order valence-electron chi connectivity index (χ4n) is 7.95. The molecule has 2 aliphatic carbocycles. The van der Waals surface area contributed by atoms with Gasteiger partial charge >= 0.3 is 12.0 Å². The van der Waals surface area contributed by atoms with Gasteiger partial charge in [-0.2, -0.15) is 0 Å². The molecule has 1 unspecified atom stereocenters. The maximum absolute atomic E-state index is 14.7. The molecule has 0 radical (unpaired) electrons. The zero-order chi connectivity index (χ0) is 34.1. The fraction of sp³-hybridized carbons (Fsp3) is 0.436. The van der Waals surface area contributed by atoms with E-state index < -0.39 is 17.5 Å². The summed E-state index contributed by atoms with van der Waals surface area (Å²) in [5.74, 6) is -0.956. The zero-order valence-electron chi connectivity index (χ0n) is 28.4. The van der Waals surface area contributed by atoms with Gasteiger partial charge in [0.05, 0.1) is 5.56 Å². The van der Waals surface area contributed by atoms with Gasteiger partial charge in [-0.3, -0.25) is 9.78 Å². The number of amides is 3. The Morgan fingerprint density at radius 2 is 1.60 bits per heavy atom. The Hall–Kier alpha value is -4.66. The summed E-state index contributed by atoms with van der Waals surface area (Å²) in [6.45, 7) is 8.79. The maximum Gasteiger partial charge on any atom is 0.336 e. The number of aromatic nitrogens is 2. The predicted octanol–water partition coefficient (Wildman–Crippen LogP) is 7.58. The highest BCUT2D eigenvalue weighted by Gasteiger charge is 2.46. The van der Waals surface area contributed by atoms with Crippen molar-refractivity contribution in [2.75, 3.05) is 11.9 Å². The minimum absolute atomic E-state index is 0.158. The summed E-state index contributed by atoms with van der Waals surface area (Å²) in [6, 6.07) is 16.7. The van der Waals surface area contributed by atoms with Crippen molar-refractivity contribution in [3.63, 3.8) is 0 Å². The van der Waals surface area contributed by atoms with Gasteiger partial charge in [-0.25, -0.2) is 9.59 Å². The van der Waals surface area contributed by atoms with E-state index in [2.05, 4.69) is 48.6 Å². The molecular weight excluding hydrogens is 602 g/mol.